The van der Waals surface area contributed by atoms with Crippen LogP contribution in [0.25, 0.3) is 0 Å². The van der Waals surface area contributed by atoms with Gasteiger partial charge in [-0.2, -0.15) is 5.10 Å². The predicted molar refractivity (Wildman–Crippen MR) is 86.5 cm³/mol. The first-order valence-electron chi connectivity index (χ1n) is 7.57. The highest BCUT2D eigenvalue weighted by Crippen LogP contribution is 2.23. The van der Waals surface area contributed by atoms with Crippen molar-refractivity contribution in [3.05, 3.63) is 47.8 Å². The maximum Gasteiger partial charge on any atom is 0.322 e. The fourth-order valence-corrected chi connectivity index (χ4v) is 2.56. The largest absolute Gasteiger partial charge is 0.350 e. The van der Waals surface area contributed by atoms with E-state index in [4.69, 9.17) is 0 Å². The average molecular weight is 313 g/mol. The van der Waals surface area contributed by atoms with E-state index in [1.807, 2.05) is 25.3 Å². The normalized spacial score (nSPS) is 14.0. The molecule has 0 radical (unpaired) electrons. The highest BCUT2D eigenvalue weighted by Gasteiger charge is 2.23. The third-order valence-electron chi connectivity index (χ3n) is 3.80. The summed E-state index contributed by atoms with van der Waals surface area (Å²) in [7, 11) is 0. The fourth-order valence-electron chi connectivity index (χ4n) is 2.56. The van der Waals surface area contributed by atoms with Crippen LogP contribution in [-0.4, -0.2) is 41.4 Å². The molecule has 2 heterocycles. The zero-order valence-electron chi connectivity index (χ0n) is 13.0. The van der Waals surface area contributed by atoms with E-state index in [1.54, 1.807) is 27.9 Å². The Balaban J connectivity index is 1.67. The molecule has 0 bridgehead atoms. The molecule has 0 saturated carbocycles. The molecule has 1 aliphatic heterocycles. The molecule has 0 atom stereocenters. The maximum absolute atomic E-state index is 12.3. The maximum atomic E-state index is 12.3. The summed E-state index contributed by atoms with van der Waals surface area (Å²) in [6.07, 6.45) is 3.55. The van der Waals surface area contributed by atoms with Crippen molar-refractivity contribution in [3.8, 4) is 0 Å². The number of nitrogens with zero attached hydrogens (tertiary/aromatic N) is 3. The number of aromatic nitrogens is 2. The van der Waals surface area contributed by atoms with Crippen molar-refractivity contribution in [2.45, 2.75) is 13.5 Å². The van der Waals surface area contributed by atoms with Gasteiger partial charge in [0.2, 0.25) is 0 Å². The lowest BCUT2D eigenvalue weighted by molar-refractivity contribution is 0.0952. The van der Waals surface area contributed by atoms with Crippen molar-refractivity contribution in [2.75, 3.05) is 24.5 Å². The molecule has 1 aromatic heterocycles. The molecule has 3 amide bonds. The van der Waals surface area contributed by atoms with E-state index in [0.717, 1.165) is 11.3 Å². The van der Waals surface area contributed by atoms with E-state index in [2.05, 4.69) is 15.7 Å². The van der Waals surface area contributed by atoms with Crippen LogP contribution in [0, 0.1) is 6.92 Å². The van der Waals surface area contributed by atoms with Crippen LogP contribution in [-0.2, 0) is 6.54 Å². The summed E-state index contributed by atoms with van der Waals surface area (Å²) in [5.41, 5.74) is 2.29. The van der Waals surface area contributed by atoms with Crippen molar-refractivity contribution in [1.82, 2.24) is 20.4 Å². The number of benzene rings is 1. The Hall–Kier alpha value is -2.83. The minimum Gasteiger partial charge on any atom is -0.350 e. The molecule has 3 rings (SSSR count). The smallest absolute Gasteiger partial charge is 0.322 e. The molecule has 2 N–H and O–H groups in total. The van der Waals surface area contributed by atoms with Crippen LogP contribution in [0.15, 0.2) is 36.7 Å². The minimum atomic E-state index is -0.155. The first-order valence-corrected chi connectivity index (χ1v) is 7.57. The van der Waals surface area contributed by atoms with Gasteiger partial charge in [0.15, 0.2) is 0 Å². The minimum absolute atomic E-state index is 0.121. The Bertz CT molecular complexity index is 711. The number of anilines is 1. The summed E-state index contributed by atoms with van der Waals surface area (Å²) >= 11 is 0. The summed E-state index contributed by atoms with van der Waals surface area (Å²) in [5.74, 6) is -0.155. The Morgan fingerprint density at radius 1 is 1.43 bits per heavy atom. The lowest BCUT2D eigenvalue weighted by Gasteiger charge is -2.18. The van der Waals surface area contributed by atoms with Gasteiger partial charge in [-0.3, -0.25) is 14.4 Å². The van der Waals surface area contributed by atoms with Crippen molar-refractivity contribution < 1.29 is 9.59 Å². The van der Waals surface area contributed by atoms with Crippen LogP contribution in [0.5, 0.6) is 0 Å². The summed E-state index contributed by atoms with van der Waals surface area (Å²) < 4.78 is 1.76. The van der Waals surface area contributed by atoms with Gasteiger partial charge in [0, 0.05) is 43.3 Å². The predicted octanol–water partition coefficient (Wildman–Crippen LogP) is 1.15. The molecule has 0 unspecified atom stereocenters. The molecule has 0 spiro atoms. The van der Waals surface area contributed by atoms with Crippen LogP contribution in [0.2, 0.25) is 0 Å². The molecule has 1 saturated heterocycles. The van der Waals surface area contributed by atoms with Gasteiger partial charge in [0.1, 0.15) is 0 Å². The highest BCUT2D eigenvalue weighted by molar-refractivity contribution is 5.99. The molecular formula is C16H19N5O2. The highest BCUT2D eigenvalue weighted by atomic mass is 16.2. The summed E-state index contributed by atoms with van der Waals surface area (Å²) in [6.45, 7) is 4.28. The van der Waals surface area contributed by atoms with E-state index in [1.165, 1.54) is 0 Å². The monoisotopic (exact) mass is 313 g/mol. The Morgan fingerprint density at radius 3 is 3.00 bits per heavy atom. The average Bonchev–Trinajstić information content (AvgIpc) is 3.19. The summed E-state index contributed by atoms with van der Waals surface area (Å²) in [6, 6.07) is 7.13. The topological polar surface area (TPSA) is 79.3 Å². The zero-order valence-corrected chi connectivity index (χ0v) is 13.0. The van der Waals surface area contributed by atoms with Crippen molar-refractivity contribution in [3.63, 3.8) is 0 Å². The number of aryl methyl sites for hydroxylation is 1. The van der Waals surface area contributed by atoms with Gasteiger partial charge in [-0.1, -0.05) is 6.07 Å². The van der Waals surface area contributed by atoms with Gasteiger partial charge < -0.3 is 10.6 Å². The van der Waals surface area contributed by atoms with E-state index in [-0.39, 0.29) is 11.9 Å². The molecule has 1 aliphatic rings. The molecule has 120 valence electrons. The number of amides is 3. The fraction of sp³-hybridized carbons (Fsp3) is 0.312. The van der Waals surface area contributed by atoms with E-state index in [9.17, 15) is 9.59 Å². The number of urea groups is 1. The van der Waals surface area contributed by atoms with Crippen LogP contribution in [0.4, 0.5) is 10.5 Å². The second-order valence-electron chi connectivity index (χ2n) is 5.41. The Kier molecular flexibility index (Phi) is 4.27. The van der Waals surface area contributed by atoms with Crippen molar-refractivity contribution in [1.29, 1.82) is 0 Å². The second kappa shape index (κ2) is 6.51. The van der Waals surface area contributed by atoms with Gasteiger partial charge in [-0.15, -0.1) is 0 Å². The number of hydrogen-bond donors (Lipinski definition) is 2. The molecule has 7 heteroatoms. The Morgan fingerprint density at radius 2 is 2.30 bits per heavy atom. The van der Waals surface area contributed by atoms with E-state index < -0.39 is 0 Å². The standard InChI is InChI=1S/C16H19N5O2/c1-12-3-4-13(11-14(12)21-10-7-18-16(21)23)15(22)17-6-9-20-8-2-5-19-20/h2-5,8,11H,6-7,9-10H2,1H3,(H,17,22)(H,18,23). The molecule has 2 aromatic rings. The summed E-state index contributed by atoms with van der Waals surface area (Å²) in [4.78, 5) is 25.8. The number of carbonyl (C=O) groups excluding carboxylic acids is 2. The third-order valence-corrected chi connectivity index (χ3v) is 3.80. The zero-order chi connectivity index (χ0) is 16.2. The number of hydrogen-bond acceptors (Lipinski definition) is 3. The lowest BCUT2D eigenvalue weighted by Crippen LogP contribution is -2.30. The molecule has 0 aliphatic carbocycles. The van der Waals surface area contributed by atoms with Crippen molar-refractivity contribution in [2.24, 2.45) is 0 Å². The van der Waals surface area contributed by atoms with Gasteiger partial charge in [-0.05, 0) is 30.7 Å². The molecular weight excluding hydrogens is 294 g/mol. The van der Waals surface area contributed by atoms with Crippen LogP contribution >= 0.6 is 0 Å². The van der Waals surface area contributed by atoms with Crippen LogP contribution in [0.1, 0.15) is 15.9 Å². The van der Waals surface area contributed by atoms with Crippen LogP contribution < -0.4 is 15.5 Å². The number of carbonyl (C=O) groups is 2. The summed E-state index contributed by atoms with van der Waals surface area (Å²) in [5, 5.41) is 9.72. The Labute approximate surface area is 134 Å². The second-order valence-corrected chi connectivity index (χ2v) is 5.41. The van der Waals surface area contributed by atoms with E-state index >= 15 is 0 Å². The first-order chi connectivity index (χ1) is 11.1. The van der Waals surface area contributed by atoms with Crippen molar-refractivity contribution >= 4 is 17.6 Å². The number of rotatable bonds is 5. The number of nitrogens with one attached hydrogen (secondary N) is 2. The quantitative estimate of drug-likeness (QED) is 0.869. The first kappa shape index (κ1) is 15.1. The molecule has 23 heavy (non-hydrogen) atoms. The van der Waals surface area contributed by atoms with Gasteiger partial charge in [-0.25, -0.2) is 4.79 Å². The van der Waals surface area contributed by atoms with Gasteiger partial charge in [0.25, 0.3) is 5.91 Å². The molecule has 7 nitrogen and oxygen atoms in total. The van der Waals surface area contributed by atoms with Crippen LogP contribution in [0.3, 0.4) is 0 Å². The van der Waals surface area contributed by atoms with Gasteiger partial charge >= 0.3 is 6.03 Å². The molecule has 1 aromatic carbocycles. The molecule has 1 fully saturated rings. The lowest BCUT2D eigenvalue weighted by atomic mass is 10.1. The van der Waals surface area contributed by atoms with E-state index in [0.29, 0.717) is 31.7 Å². The van der Waals surface area contributed by atoms with Gasteiger partial charge in [0.05, 0.1) is 6.54 Å². The SMILES string of the molecule is Cc1ccc(C(=O)NCCn2cccn2)cc1N1CCNC1=O. The third kappa shape index (κ3) is 3.33.